The predicted molar refractivity (Wildman–Crippen MR) is 69.6 cm³/mol. The molecular weight excluding hydrogens is 252 g/mol. The second-order valence-corrected chi connectivity index (χ2v) is 5.17. The molecule has 2 heterocycles. The molecule has 2 rings (SSSR count). The molecule has 0 aliphatic carbocycles. The molecule has 2 N–H and O–H groups in total. The normalized spacial score (nSPS) is 18.3. The lowest BCUT2D eigenvalue weighted by Gasteiger charge is -2.34. The summed E-state index contributed by atoms with van der Waals surface area (Å²) in [6.07, 6.45) is 3.54. The molecule has 0 atom stereocenters. The summed E-state index contributed by atoms with van der Waals surface area (Å²) in [5.41, 5.74) is 0.255. The van der Waals surface area contributed by atoms with Gasteiger partial charge in [-0.1, -0.05) is 6.92 Å². The van der Waals surface area contributed by atoms with E-state index in [1.165, 1.54) is 12.3 Å². The monoisotopic (exact) mass is 271 g/mol. The molecule has 19 heavy (non-hydrogen) atoms. The van der Waals surface area contributed by atoms with Crippen molar-refractivity contribution >= 4 is 5.82 Å². The van der Waals surface area contributed by atoms with Gasteiger partial charge in [0.15, 0.2) is 0 Å². The topological polar surface area (TPSA) is 46.2 Å². The van der Waals surface area contributed by atoms with Gasteiger partial charge in [-0.3, -0.25) is 0 Å². The first-order valence-corrected chi connectivity index (χ1v) is 6.43. The minimum Gasteiger partial charge on any atom is -0.433 e. The van der Waals surface area contributed by atoms with E-state index in [9.17, 15) is 8.78 Å². The van der Waals surface area contributed by atoms with Gasteiger partial charge in [-0.2, -0.15) is 8.78 Å². The number of aromatic nitrogens is 1. The Bertz CT molecular complexity index is 391. The van der Waals surface area contributed by atoms with Crippen LogP contribution in [-0.2, 0) is 0 Å². The molecule has 0 unspecified atom stereocenters. The van der Waals surface area contributed by atoms with E-state index < -0.39 is 6.61 Å². The molecule has 1 saturated heterocycles. The van der Waals surface area contributed by atoms with Crippen LogP contribution in [0.5, 0.6) is 5.75 Å². The van der Waals surface area contributed by atoms with Gasteiger partial charge in [0, 0.05) is 6.54 Å². The Labute approximate surface area is 111 Å². The van der Waals surface area contributed by atoms with Crippen LogP contribution in [0.3, 0.4) is 0 Å². The molecule has 1 aliphatic rings. The molecule has 0 radical (unpaired) electrons. The number of alkyl halides is 2. The van der Waals surface area contributed by atoms with E-state index in [1.54, 1.807) is 6.07 Å². The summed E-state index contributed by atoms with van der Waals surface area (Å²) >= 11 is 0. The maximum Gasteiger partial charge on any atom is 0.387 e. The highest BCUT2D eigenvalue weighted by Gasteiger charge is 2.26. The fraction of sp³-hybridized carbons (Fsp3) is 0.615. The molecule has 0 aromatic carbocycles. The third-order valence-corrected chi connectivity index (χ3v) is 3.47. The lowest BCUT2D eigenvalue weighted by atomic mass is 9.81. The number of halogens is 2. The van der Waals surface area contributed by atoms with E-state index in [0.717, 1.165) is 32.5 Å². The molecule has 4 nitrogen and oxygen atoms in total. The van der Waals surface area contributed by atoms with E-state index in [1.807, 2.05) is 0 Å². The lowest BCUT2D eigenvalue weighted by Crippen LogP contribution is -2.39. The Morgan fingerprint density at radius 1 is 1.42 bits per heavy atom. The summed E-state index contributed by atoms with van der Waals surface area (Å²) in [6, 6.07) is 3.15. The van der Waals surface area contributed by atoms with Crippen LogP contribution >= 0.6 is 0 Å². The van der Waals surface area contributed by atoms with Gasteiger partial charge in [0.25, 0.3) is 0 Å². The largest absolute Gasteiger partial charge is 0.433 e. The summed E-state index contributed by atoms with van der Waals surface area (Å²) < 4.78 is 28.2. The number of rotatable bonds is 5. The summed E-state index contributed by atoms with van der Waals surface area (Å²) in [5.74, 6) is 0.759. The molecular formula is C13H19F2N3O. The molecule has 0 saturated carbocycles. The number of anilines is 1. The van der Waals surface area contributed by atoms with Gasteiger partial charge in [0.05, 0.1) is 6.20 Å². The Hall–Kier alpha value is -1.43. The summed E-state index contributed by atoms with van der Waals surface area (Å²) in [5, 5.41) is 6.59. The van der Waals surface area contributed by atoms with Crippen LogP contribution in [0.1, 0.15) is 19.8 Å². The van der Waals surface area contributed by atoms with Crippen molar-refractivity contribution in [2.24, 2.45) is 5.41 Å². The summed E-state index contributed by atoms with van der Waals surface area (Å²) in [4.78, 5) is 4.06. The van der Waals surface area contributed by atoms with Gasteiger partial charge in [-0.15, -0.1) is 0 Å². The molecule has 1 fully saturated rings. The smallest absolute Gasteiger partial charge is 0.387 e. The van der Waals surface area contributed by atoms with Crippen LogP contribution in [0.4, 0.5) is 14.6 Å². The van der Waals surface area contributed by atoms with E-state index in [-0.39, 0.29) is 11.2 Å². The molecule has 0 amide bonds. The Morgan fingerprint density at radius 3 is 2.74 bits per heavy atom. The zero-order valence-electron chi connectivity index (χ0n) is 11.0. The van der Waals surface area contributed by atoms with Crippen molar-refractivity contribution in [3.63, 3.8) is 0 Å². The third kappa shape index (κ3) is 4.31. The van der Waals surface area contributed by atoms with Gasteiger partial charge in [0.1, 0.15) is 11.6 Å². The highest BCUT2D eigenvalue weighted by atomic mass is 19.3. The minimum absolute atomic E-state index is 0.0774. The molecule has 106 valence electrons. The van der Waals surface area contributed by atoms with Crippen molar-refractivity contribution in [3.8, 4) is 5.75 Å². The minimum atomic E-state index is -2.81. The summed E-state index contributed by atoms with van der Waals surface area (Å²) in [6.45, 7) is 2.33. The first kappa shape index (κ1) is 14.0. The van der Waals surface area contributed by atoms with Gasteiger partial charge < -0.3 is 15.4 Å². The third-order valence-electron chi connectivity index (χ3n) is 3.47. The van der Waals surface area contributed by atoms with Crippen molar-refractivity contribution in [1.29, 1.82) is 0 Å². The molecule has 1 aliphatic heterocycles. The van der Waals surface area contributed by atoms with E-state index >= 15 is 0 Å². The highest BCUT2D eigenvalue weighted by Crippen LogP contribution is 2.28. The van der Waals surface area contributed by atoms with Gasteiger partial charge in [-0.25, -0.2) is 4.98 Å². The molecule has 0 bridgehead atoms. The van der Waals surface area contributed by atoms with Crippen molar-refractivity contribution < 1.29 is 13.5 Å². The highest BCUT2D eigenvalue weighted by molar-refractivity contribution is 5.37. The number of hydrogen-bond acceptors (Lipinski definition) is 4. The van der Waals surface area contributed by atoms with Crippen LogP contribution in [-0.4, -0.2) is 31.2 Å². The molecule has 1 aromatic rings. The fourth-order valence-electron chi connectivity index (χ4n) is 2.17. The number of hydrogen-bond donors (Lipinski definition) is 2. The molecule has 1 aromatic heterocycles. The van der Waals surface area contributed by atoms with Crippen molar-refractivity contribution in [2.75, 3.05) is 25.0 Å². The number of piperidine rings is 1. The van der Waals surface area contributed by atoms with E-state index in [0.29, 0.717) is 5.82 Å². The van der Waals surface area contributed by atoms with Crippen LogP contribution in [0.25, 0.3) is 0 Å². The zero-order chi connectivity index (χ0) is 13.7. The molecule has 0 spiro atoms. The van der Waals surface area contributed by atoms with Crippen LogP contribution in [0.15, 0.2) is 18.3 Å². The van der Waals surface area contributed by atoms with Crippen molar-refractivity contribution in [1.82, 2.24) is 10.3 Å². The fourth-order valence-corrected chi connectivity index (χ4v) is 2.17. The van der Waals surface area contributed by atoms with Crippen LogP contribution < -0.4 is 15.4 Å². The second kappa shape index (κ2) is 6.14. The quantitative estimate of drug-likeness (QED) is 0.863. The Kier molecular flexibility index (Phi) is 4.52. The maximum absolute atomic E-state index is 12.0. The van der Waals surface area contributed by atoms with Crippen LogP contribution in [0, 0.1) is 5.41 Å². The van der Waals surface area contributed by atoms with Crippen molar-refractivity contribution in [2.45, 2.75) is 26.4 Å². The average molecular weight is 271 g/mol. The average Bonchev–Trinajstić information content (AvgIpc) is 2.38. The van der Waals surface area contributed by atoms with Crippen molar-refractivity contribution in [3.05, 3.63) is 18.3 Å². The van der Waals surface area contributed by atoms with E-state index in [2.05, 4.69) is 27.3 Å². The Balaban J connectivity index is 1.85. The number of nitrogens with zero attached hydrogens (tertiary/aromatic N) is 1. The second-order valence-electron chi connectivity index (χ2n) is 5.17. The lowest BCUT2D eigenvalue weighted by molar-refractivity contribution is -0.0500. The Morgan fingerprint density at radius 2 is 2.16 bits per heavy atom. The van der Waals surface area contributed by atoms with Crippen LogP contribution in [0.2, 0.25) is 0 Å². The van der Waals surface area contributed by atoms with Gasteiger partial charge in [-0.05, 0) is 43.5 Å². The van der Waals surface area contributed by atoms with E-state index in [4.69, 9.17) is 0 Å². The number of pyridine rings is 1. The predicted octanol–water partition coefficient (Wildman–Crippen LogP) is 2.48. The summed E-state index contributed by atoms with van der Waals surface area (Å²) in [7, 11) is 0. The zero-order valence-corrected chi connectivity index (χ0v) is 11.0. The van der Waals surface area contributed by atoms with Gasteiger partial charge >= 0.3 is 6.61 Å². The van der Waals surface area contributed by atoms with Gasteiger partial charge in [0.2, 0.25) is 0 Å². The SMILES string of the molecule is CC1(CNc2ccc(OC(F)F)cn2)CCNCC1. The first-order chi connectivity index (χ1) is 9.07. The standard InChI is InChI=1S/C13H19F2N3O/c1-13(4-6-16-7-5-13)9-18-11-3-2-10(8-17-11)19-12(14)15/h2-3,8,12,16H,4-7,9H2,1H3,(H,17,18). The number of nitrogens with one attached hydrogen (secondary N) is 2. The maximum atomic E-state index is 12.0. The molecule has 6 heteroatoms. The first-order valence-electron chi connectivity index (χ1n) is 6.43. The number of ether oxygens (including phenoxy) is 1.